The number of fused-ring (bicyclic) bond motifs is 2. The molecule has 0 bridgehead atoms. The van der Waals surface area contributed by atoms with Crippen LogP contribution in [0.15, 0.2) is 42.5 Å². The zero-order chi connectivity index (χ0) is 14.2. The van der Waals surface area contributed by atoms with Gasteiger partial charge in [-0.05, 0) is 29.7 Å². The van der Waals surface area contributed by atoms with Gasteiger partial charge >= 0.3 is 0 Å². The number of hydrogen-bond acceptors (Lipinski definition) is 3. The second kappa shape index (κ2) is 5.01. The zero-order valence-corrected chi connectivity index (χ0v) is 11.7. The van der Waals surface area contributed by atoms with E-state index in [1.54, 1.807) is 0 Å². The third-order valence-corrected chi connectivity index (χ3v) is 4.28. The molecule has 4 rings (SSSR count). The molecule has 0 aliphatic carbocycles. The van der Waals surface area contributed by atoms with E-state index in [1.807, 2.05) is 42.5 Å². The summed E-state index contributed by atoms with van der Waals surface area (Å²) in [6, 6.07) is 13.8. The normalized spacial score (nSPS) is 19.5. The maximum absolute atomic E-state index is 12.9. The van der Waals surface area contributed by atoms with Gasteiger partial charge in [-0.15, -0.1) is 0 Å². The molecule has 3 heteroatoms. The second-order valence-corrected chi connectivity index (χ2v) is 5.57. The first-order chi connectivity index (χ1) is 10.3. The first kappa shape index (κ1) is 12.6. The topological polar surface area (TPSA) is 35.5 Å². The molecule has 0 fully saturated rings. The number of hydrogen-bond donors (Lipinski definition) is 0. The number of Topliss-reactive ketones (excluding diaryl/α,β-unsaturated/α-hetero) is 1. The third kappa shape index (κ3) is 2.14. The first-order valence-corrected chi connectivity index (χ1v) is 7.28. The van der Waals surface area contributed by atoms with Gasteiger partial charge < -0.3 is 9.47 Å². The Morgan fingerprint density at radius 1 is 1.05 bits per heavy atom. The lowest BCUT2D eigenvalue weighted by Gasteiger charge is -2.25. The molecule has 0 saturated carbocycles. The molecule has 0 radical (unpaired) electrons. The number of carbonyl (C=O) groups excluding carboxylic acids is 1. The molecule has 0 saturated heterocycles. The maximum atomic E-state index is 12.9. The zero-order valence-electron chi connectivity index (χ0n) is 11.7. The van der Waals surface area contributed by atoms with E-state index in [9.17, 15) is 4.79 Å². The van der Waals surface area contributed by atoms with Crippen molar-refractivity contribution in [1.82, 2.24) is 0 Å². The van der Waals surface area contributed by atoms with E-state index >= 15 is 0 Å². The fourth-order valence-corrected chi connectivity index (χ4v) is 3.14. The Bertz CT molecular complexity index is 705. The van der Waals surface area contributed by atoms with Crippen LogP contribution in [0.4, 0.5) is 0 Å². The van der Waals surface area contributed by atoms with Crippen LogP contribution in [0.3, 0.4) is 0 Å². The SMILES string of the molecule is O=C(c1ccc2c(c1)COC2)C1CCOc2ccccc21. The van der Waals surface area contributed by atoms with Crippen molar-refractivity contribution in [2.24, 2.45) is 0 Å². The summed E-state index contributed by atoms with van der Waals surface area (Å²) in [5.41, 5.74) is 4.12. The minimum Gasteiger partial charge on any atom is -0.493 e. The van der Waals surface area contributed by atoms with Gasteiger partial charge in [-0.3, -0.25) is 4.79 Å². The molecule has 21 heavy (non-hydrogen) atoms. The van der Waals surface area contributed by atoms with Crippen molar-refractivity contribution in [3.63, 3.8) is 0 Å². The standard InChI is InChI=1S/C18H16O3/c19-18(12-5-6-13-10-20-11-14(13)9-12)16-7-8-21-17-4-2-1-3-15(16)17/h1-6,9,16H,7-8,10-11H2. The number of ketones is 1. The summed E-state index contributed by atoms with van der Waals surface area (Å²) in [6.07, 6.45) is 0.740. The summed E-state index contributed by atoms with van der Waals surface area (Å²) in [5.74, 6) is 0.919. The smallest absolute Gasteiger partial charge is 0.170 e. The molecule has 2 aromatic rings. The van der Waals surface area contributed by atoms with Crippen molar-refractivity contribution in [3.8, 4) is 5.75 Å². The van der Waals surface area contributed by atoms with E-state index in [-0.39, 0.29) is 11.7 Å². The Kier molecular flexibility index (Phi) is 3.00. The molecule has 0 aromatic heterocycles. The van der Waals surface area contributed by atoms with Crippen LogP contribution < -0.4 is 4.74 Å². The van der Waals surface area contributed by atoms with Crippen LogP contribution in [0, 0.1) is 0 Å². The van der Waals surface area contributed by atoms with E-state index in [2.05, 4.69) is 0 Å². The summed E-state index contributed by atoms with van der Waals surface area (Å²) in [7, 11) is 0. The first-order valence-electron chi connectivity index (χ1n) is 7.28. The summed E-state index contributed by atoms with van der Waals surface area (Å²) >= 11 is 0. The lowest BCUT2D eigenvalue weighted by molar-refractivity contribution is 0.0933. The van der Waals surface area contributed by atoms with Crippen LogP contribution >= 0.6 is 0 Å². The molecule has 2 heterocycles. The van der Waals surface area contributed by atoms with E-state index in [0.717, 1.165) is 28.9 Å². The van der Waals surface area contributed by atoms with Crippen molar-refractivity contribution in [1.29, 1.82) is 0 Å². The highest BCUT2D eigenvalue weighted by atomic mass is 16.5. The van der Waals surface area contributed by atoms with Gasteiger partial charge in [-0.1, -0.05) is 30.3 Å². The fourth-order valence-electron chi connectivity index (χ4n) is 3.14. The maximum Gasteiger partial charge on any atom is 0.170 e. The van der Waals surface area contributed by atoms with Gasteiger partial charge in [-0.2, -0.15) is 0 Å². The van der Waals surface area contributed by atoms with Crippen molar-refractivity contribution < 1.29 is 14.3 Å². The lowest BCUT2D eigenvalue weighted by atomic mass is 9.86. The monoisotopic (exact) mass is 280 g/mol. The molecule has 0 amide bonds. The Hall–Kier alpha value is -2.13. The quantitative estimate of drug-likeness (QED) is 0.790. The Morgan fingerprint density at radius 3 is 2.86 bits per heavy atom. The van der Waals surface area contributed by atoms with Gasteiger partial charge in [0.25, 0.3) is 0 Å². The summed E-state index contributed by atoms with van der Waals surface area (Å²) in [6.45, 7) is 1.87. The Morgan fingerprint density at radius 2 is 1.90 bits per heavy atom. The molecular weight excluding hydrogens is 264 g/mol. The lowest BCUT2D eigenvalue weighted by Crippen LogP contribution is -2.21. The van der Waals surface area contributed by atoms with Gasteiger partial charge in [-0.25, -0.2) is 0 Å². The van der Waals surface area contributed by atoms with Gasteiger partial charge in [0.2, 0.25) is 0 Å². The van der Waals surface area contributed by atoms with Gasteiger partial charge in [0.05, 0.1) is 25.7 Å². The van der Waals surface area contributed by atoms with Crippen LogP contribution in [-0.2, 0) is 18.0 Å². The molecule has 3 nitrogen and oxygen atoms in total. The number of rotatable bonds is 2. The average molecular weight is 280 g/mol. The van der Waals surface area contributed by atoms with E-state index in [4.69, 9.17) is 9.47 Å². The number of para-hydroxylation sites is 1. The predicted molar refractivity (Wildman–Crippen MR) is 78.6 cm³/mol. The van der Waals surface area contributed by atoms with Crippen molar-refractivity contribution in [2.75, 3.05) is 6.61 Å². The van der Waals surface area contributed by atoms with Crippen LogP contribution in [0.1, 0.15) is 39.4 Å². The van der Waals surface area contributed by atoms with Crippen LogP contribution in [0.2, 0.25) is 0 Å². The van der Waals surface area contributed by atoms with Crippen molar-refractivity contribution in [3.05, 3.63) is 64.7 Å². The highest BCUT2D eigenvalue weighted by molar-refractivity contribution is 6.01. The minimum atomic E-state index is -0.102. The molecule has 2 aliphatic rings. The van der Waals surface area contributed by atoms with Crippen molar-refractivity contribution in [2.45, 2.75) is 25.6 Å². The van der Waals surface area contributed by atoms with E-state index in [1.165, 1.54) is 5.56 Å². The molecule has 2 aliphatic heterocycles. The molecule has 0 N–H and O–H groups in total. The van der Waals surface area contributed by atoms with Crippen LogP contribution in [0.5, 0.6) is 5.75 Å². The predicted octanol–water partition coefficient (Wildman–Crippen LogP) is 3.47. The minimum absolute atomic E-state index is 0.102. The number of ether oxygens (including phenoxy) is 2. The van der Waals surface area contributed by atoms with E-state index in [0.29, 0.717) is 19.8 Å². The largest absolute Gasteiger partial charge is 0.493 e. The molecule has 1 unspecified atom stereocenters. The summed E-state index contributed by atoms with van der Waals surface area (Å²) in [4.78, 5) is 12.9. The summed E-state index contributed by atoms with van der Waals surface area (Å²) < 4.78 is 11.1. The molecular formula is C18H16O3. The van der Waals surface area contributed by atoms with Crippen molar-refractivity contribution >= 4 is 5.78 Å². The van der Waals surface area contributed by atoms with Crippen LogP contribution in [0.25, 0.3) is 0 Å². The molecule has 2 aromatic carbocycles. The summed E-state index contributed by atoms with van der Waals surface area (Å²) in [5, 5.41) is 0. The van der Waals surface area contributed by atoms with E-state index < -0.39 is 0 Å². The Labute approximate surface area is 123 Å². The Balaban J connectivity index is 1.70. The second-order valence-electron chi connectivity index (χ2n) is 5.57. The third-order valence-electron chi connectivity index (χ3n) is 4.28. The molecule has 1 atom stereocenters. The van der Waals surface area contributed by atoms with Gasteiger partial charge in [0, 0.05) is 11.1 Å². The van der Waals surface area contributed by atoms with Gasteiger partial charge in [0.1, 0.15) is 5.75 Å². The number of carbonyl (C=O) groups is 1. The highest BCUT2D eigenvalue weighted by Gasteiger charge is 2.28. The highest BCUT2D eigenvalue weighted by Crippen LogP contribution is 2.36. The van der Waals surface area contributed by atoms with Gasteiger partial charge in [0.15, 0.2) is 5.78 Å². The molecule has 106 valence electrons. The molecule has 0 spiro atoms. The number of benzene rings is 2. The van der Waals surface area contributed by atoms with Crippen LogP contribution in [-0.4, -0.2) is 12.4 Å². The average Bonchev–Trinajstić information content (AvgIpc) is 3.01. The fraction of sp³-hybridized carbons (Fsp3) is 0.278.